The van der Waals surface area contributed by atoms with E-state index in [0.29, 0.717) is 0 Å². The third-order valence-corrected chi connectivity index (χ3v) is 5.85. The molecule has 3 nitrogen and oxygen atoms in total. The third-order valence-electron chi connectivity index (χ3n) is 5.19. The molecule has 116 valence electrons. The number of aromatic nitrogens is 1. The summed E-state index contributed by atoms with van der Waals surface area (Å²) in [5.41, 5.74) is 1.36. The zero-order valence-electron chi connectivity index (χ0n) is 13.2. The molecule has 0 N–H and O–H groups in total. The van der Waals surface area contributed by atoms with Crippen LogP contribution in [0.4, 0.5) is 5.69 Å². The van der Waals surface area contributed by atoms with Gasteiger partial charge in [-0.2, -0.15) is 0 Å². The Labute approximate surface area is 137 Å². The van der Waals surface area contributed by atoms with Crippen molar-refractivity contribution in [2.45, 2.75) is 44.6 Å². The Morgan fingerprint density at radius 1 is 1.29 bits per heavy atom. The number of likely N-dealkylation sites (N-methyl/N-ethyl adjacent to an activating group) is 1. The third kappa shape index (κ3) is 4.01. The molecular formula is C17H28AsN3. The number of hydrogen-bond donors (Lipinski definition) is 0. The predicted octanol–water partition coefficient (Wildman–Crippen LogP) is 1.43. The van der Waals surface area contributed by atoms with Crippen LogP contribution in [0.15, 0.2) is 18.3 Å². The van der Waals surface area contributed by atoms with Crippen molar-refractivity contribution in [3.63, 3.8) is 0 Å². The van der Waals surface area contributed by atoms with Crippen LogP contribution in [-0.4, -0.2) is 59.5 Å². The fourth-order valence-corrected chi connectivity index (χ4v) is 4.43. The SMILES string of the molecule is CN(CC1CCCCC1)[C@@H]1CCN(c2ccnc([AsH2])c2)C1. The molecule has 3 rings (SSSR count). The molecule has 1 aromatic heterocycles. The quantitative estimate of drug-likeness (QED) is 0.767. The fraction of sp³-hybridized carbons (Fsp3) is 0.706. The molecule has 0 aromatic carbocycles. The molecule has 0 amide bonds. The van der Waals surface area contributed by atoms with Crippen molar-refractivity contribution >= 4 is 27.0 Å². The van der Waals surface area contributed by atoms with E-state index in [4.69, 9.17) is 0 Å². The molecule has 1 aromatic rings. The number of pyridine rings is 1. The Kier molecular flexibility index (Phi) is 5.23. The zero-order valence-corrected chi connectivity index (χ0v) is 15.6. The average Bonchev–Trinajstić information content (AvgIpc) is 2.98. The van der Waals surface area contributed by atoms with Crippen LogP contribution in [0, 0.1) is 5.92 Å². The second-order valence-corrected chi connectivity index (χ2v) is 8.01. The first-order valence-electron chi connectivity index (χ1n) is 8.39. The molecule has 0 spiro atoms. The second-order valence-electron chi connectivity index (χ2n) is 6.77. The van der Waals surface area contributed by atoms with E-state index in [1.165, 1.54) is 68.3 Å². The number of anilines is 1. The number of hydrogen-bond acceptors (Lipinski definition) is 3. The molecule has 21 heavy (non-hydrogen) atoms. The Morgan fingerprint density at radius 3 is 2.86 bits per heavy atom. The van der Waals surface area contributed by atoms with Gasteiger partial charge in [0.1, 0.15) is 0 Å². The first kappa shape index (κ1) is 15.4. The molecule has 0 bridgehead atoms. The van der Waals surface area contributed by atoms with Gasteiger partial charge in [-0.25, -0.2) is 0 Å². The van der Waals surface area contributed by atoms with Gasteiger partial charge in [0.05, 0.1) is 0 Å². The van der Waals surface area contributed by atoms with Gasteiger partial charge < -0.3 is 0 Å². The van der Waals surface area contributed by atoms with Gasteiger partial charge in [-0.15, -0.1) is 0 Å². The molecule has 1 saturated heterocycles. The molecule has 2 atom stereocenters. The van der Waals surface area contributed by atoms with Crippen LogP contribution >= 0.6 is 0 Å². The first-order chi connectivity index (χ1) is 10.2. The molecule has 1 aliphatic heterocycles. The van der Waals surface area contributed by atoms with Crippen molar-refractivity contribution < 1.29 is 0 Å². The molecule has 1 unspecified atom stereocenters. The van der Waals surface area contributed by atoms with Crippen LogP contribution in [-0.2, 0) is 0 Å². The normalized spacial score (nSPS) is 24.0. The van der Waals surface area contributed by atoms with Gasteiger partial charge in [-0.1, -0.05) is 0 Å². The molecule has 1 aliphatic carbocycles. The van der Waals surface area contributed by atoms with E-state index >= 15 is 0 Å². The number of nitrogens with zero attached hydrogens (tertiary/aromatic N) is 3. The van der Waals surface area contributed by atoms with Gasteiger partial charge >= 0.3 is 137 Å². The van der Waals surface area contributed by atoms with Gasteiger partial charge in [0, 0.05) is 0 Å². The van der Waals surface area contributed by atoms with Crippen molar-refractivity contribution in [3.05, 3.63) is 18.3 Å². The van der Waals surface area contributed by atoms with Gasteiger partial charge in [0.25, 0.3) is 0 Å². The molecule has 4 heteroatoms. The summed E-state index contributed by atoms with van der Waals surface area (Å²) in [6.07, 6.45) is 10.5. The average molecular weight is 349 g/mol. The standard InChI is InChI=1S/C17H28AsN3/c1-20(12-14-5-3-2-4-6-14)16-8-10-21(13-16)15-7-9-19-17(18)11-15/h7,9,11,14,16H,2-6,8,10,12-13,18H2,1H3/t16-/m1/s1. The van der Waals surface area contributed by atoms with Gasteiger partial charge in [0.15, 0.2) is 0 Å². The van der Waals surface area contributed by atoms with E-state index in [9.17, 15) is 0 Å². The Morgan fingerprint density at radius 2 is 2.10 bits per heavy atom. The van der Waals surface area contributed by atoms with Crippen molar-refractivity contribution in [1.82, 2.24) is 9.88 Å². The van der Waals surface area contributed by atoms with Crippen LogP contribution in [0.2, 0.25) is 0 Å². The summed E-state index contributed by atoms with van der Waals surface area (Å²) in [4.78, 5) is 9.50. The van der Waals surface area contributed by atoms with Crippen molar-refractivity contribution in [1.29, 1.82) is 0 Å². The van der Waals surface area contributed by atoms with Crippen molar-refractivity contribution in [3.8, 4) is 0 Å². The first-order valence-corrected chi connectivity index (χ1v) is 9.60. The van der Waals surface area contributed by atoms with Gasteiger partial charge in [0.2, 0.25) is 0 Å². The molecule has 2 heterocycles. The molecular weight excluding hydrogens is 321 g/mol. The van der Waals surface area contributed by atoms with E-state index in [2.05, 4.69) is 34.0 Å². The Balaban J connectivity index is 1.53. The summed E-state index contributed by atoms with van der Waals surface area (Å²) >= 11 is 1.61. The Bertz CT molecular complexity index is 459. The minimum atomic E-state index is 0.728. The van der Waals surface area contributed by atoms with E-state index in [1.807, 2.05) is 6.20 Å². The maximum atomic E-state index is 4.33. The van der Waals surface area contributed by atoms with Crippen LogP contribution in [0.5, 0.6) is 0 Å². The summed E-state index contributed by atoms with van der Waals surface area (Å²) in [6.45, 7) is 3.67. The van der Waals surface area contributed by atoms with E-state index in [1.54, 1.807) is 16.9 Å². The van der Waals surface area contributed by atoms with Gasteiger partial charge in [-0.3, -0.25) is 0 Å². The van der Waals surface area contributed by atoms with Crippen molar-refractivity contribution in [2.24, 2.45) is 5.92 Å². The summed E-state index contributed by atoms with van der Waals surface area (Å²) in [6, 6.07) is 5.13. The molecule has 1 saturated carbocycles. The monoisotopic (exact) mass is 349 g/mol. The van der Waals surface area contributed by atoms with Crippen LogP contribution in [0.3, 0.4) is 0 Å². The van der Waals surface area contributed by atoms with Crippen LogP contribution < -0.4 is 9.38 Å². The summed E-state index contributed by atoms with van der Waals surface area (Å²) in [5.74, 6) is 0.948. The van der Waals surface area contributed by atoms with Crippen LogP contribution in [0.25, 0.3) is 0 Å². The van der Waals surface area contributed by atoms with Gasteiger partial charge in [-0.05, 0) is 0 Å². The topological polar surface area (TPSA) is 19.4 Å². The molecule has 0 radical (unpaired) electrons. The van der Waals surface area contributed by atoms with E-state index < -0.39 is 0 Å². The van der Waals surface area contributed by atoms with Crippen LogP contribution in [0.1, 0.15) is 38.5 Å². The molecule has 2 fully saturated rings. The maximum absolute atomic E-state index is 4.33. The van der Waals surface area contributed by atoms with Crippen molar-refractivity contribution in [2.75, 3.05) is 31.6 Å². The molecule has 2 aliphatic rings. The fourth-order valence-electron chi connectivity index (χ4n) is 3.90. The Hall–Kier alpha value is -0.532. The predicted molar refractivity (Wildman–Crippen MR) is 92.2 cm³/mol. The minimum absolute atomic E-state index is 0.728. The summed E-state index contributed by atoms with van der Waals surface area (Å²) < 4.78 is 1.18. The summed E-state index contributed by atoms with van der Waals surface area (Å²) in [7, 11) is 2.34. The second kappa shape index (κ2) is 7.15. The summed E-state index contributed by atoms with van der Waals surface area (Å²) in [5, 5.41) is 0. The number of rotatable bonds is 4. The zero-order chi connectivity index (χ0) is 14.7. The van der Waals surface area contributed by atoms with E-state index in [0.717, 1.165) is 12.0 Å². The van der Waals surface area contributed by atoms with E-state index in [-0.39, 0.29) is 0 Å².